The Morgan fingerprint density at radius 2 is 1.87 bits per heavy atom. The molecule has 0 fully saturated rings. The van der Waals surface area contributed by atoms with Gasteiger partial charge in [0, 0.05) is 24.5 Å². The monoisotopic (exact) mass is 402 g/mol. The fourth-order valence-electron chi connectivity index (χ4n) is 3.61. The van der Waals surface area contributed by atoms with Crippen molar-refractivity contribution >= 4 is 11.6 Å². The Morgan fingerprint density at radius 3 is 2.53 bits per heavy atom. The average molecular weight is 403 g/mol. The molecule has 1 aliphatic carbocycles. The fourth-order valence-corrected chi connectivity index (χ4v) is 3.61. The van der Waals surface area contributed by atoms with Crippen LogP contribution in [-0.4, -0.2) is 10.5 Å². The predicted molar refractivity (Wildman–Crippen MR) is 125 cm³/mol. The Bertz CT molecular complexity index is 1100. The van der Waals surface area contributed by atoms with E-state index in [4.69, 9.17) is 0 Å². The van der Waals surface area contributed by atoms with Gasteiger partial charge in [-0.15, -0.1) is 0 Å². The van der Waals surface area contributed by atoms with Gasteiger partial charge in [-0.25, -0.2) is 0 Å². The van der Waals surface area contributed by atoms with E-state index < -0.39 is 0 Å². The molecule has 1 aromatic carbocycles. The lowest BCUT2D eigenvalue weighted by atomic mass is 9.86. The Labute approximate surface area is 178 Å². The highest BCUT2D eigenvalue weighted by atomic mass is 16.2. The van der Waals surface area contributed by atoms with Crippen molar-refractivity contribution < 1.29 is 4.79 Å². The van der Waals surface area contributed by atoms with Crippen LogP contribution in [0.25, 0.3) is 11.1 Å². The Balaban J connectivity index is 1.86. The number of nitrogens with zero attached hydrogens (tertiary/aromatic N) is 1. The van der Waals surface area contributed by atoms with E-state index in [-0.39, 0.29) is 22.8 Å². The maximum atomic E-state index is 12.9. The van der Waals surface area contributed by atoms with Crippen molar-refractivity contribution in [2.24, 2.45) is 18.4 Å². The molecule has 156 valence electrons. The summed E-state index contributed by atoms with van der Waals surface area (Å²) in [5.41, 5.74) is 5.61. The molecule has 3 rings (SSSR count). The molecule has 1 N–H and O–H groups in total. The number of pyridine rings is 1. The highest BCUT2D eigenvalue weighted by Crippen LogP contribution is 2.30. The van der Waals surface area contributed by atoms with Gasteiger partial charge in [0.15, 0.2) is 0 Å². The zero-order valence-electron chi connectivity index (χ0n) is 18.6. The third-order valence-electron chi connectivity index (χ3n) is 5.51. The molecule has 0 saturated carbocycles. The number of benzene rings is 1. The van der Waals surface area contributed by atoms with Gasteiger partial charge in [0.1, 0.15) is 0 Å². The van der Waals surface area contributed by atoms with Gasteiger partial charge >= 0.3 is 0 Å². The summed E-state index contributed by atoms with van der Waals surface area (Å²) >= 11 is 0. The number of rotatable bonds is 3. The number of anilines is 1. The quantitative estimate of drug-likeness (QED) is 0.755. The van der Waals surface area contributed by atoms with Crippen molar-refractivity contribution in [2.75, 3.05) is 5.32 Å². The van der Waals surface area contributed by atoms with E-state index in [1.54, 1.807) is 11.6 Å². The standard InChI is InChI=1S/C26H30N2O2/c1-17-15-20(16-28(6)25(17)30)22-11-8-12-23(18(22)2)27-24(29)19-9-7-10-21(14-13-19)26(3,4)5/h7-16,19H,1-6H3,(H,27,29). The molecule has 0 bridgehead atoms. The molecular formula is C26H30N2O2. The maximum absolute atomic E-state index is 12.9. The number of aryl methyl sites for hydroxylation is 2. The second-order valence-corrected chi connectivity index (χ2v) is 8.94. The van der Waals surface area contributed by atoms with E-state index >= 15 is 0 Å². The van der Waals surface area contributed by atoms with Crippen LogP contribution in [0.15, 0.2) is 71.2 Å². The van der Waals surface area contributed by atoms with Gasteiger partial charge in [0.2, 0.25) is 5.91 Å². The van der Waals surface area contributed by atoms with E-state index in [0.29, 0.717) is 5.56 Å². The van der Waals surface area contributed by atoms with Crippen molar-refractivity contribution in [1.82, 2.24) is 4.57 Å². The molecule has 0 saturated heterocycles. The van der Waals surface area contributed by atoms with Crippen molar-refractivity contribution in [2.45, 2.75) is 34.6 Å². The van der Waals surface area contributed by atoms with Crippen LogP contribution in [0.4, 0.5) is 5.69 Å². The van der Waals surface area contributed by atoms with Gasteiger partial charge in [-0.3, -0.25) is 9.59 Å². The minimum absolute atomic E-state index is 0.00367. The zero-order valence-corrected chi connectivity index (χ0v) is 18.6. The topological polar surface area (TPSA) is 51.1 Å². The highest BCUT2D eigenvalue weighted by molar-refractivity contribution is 5.96. The van der Waals surface area contributed by atoms with E-state index in [0.717, 1.165) is 22.4 Å². The zero-order chi connectivity index (χ0) is 22.1. The van der Waals surface area contributed by atoms with Crippen LogP contribution in [-0.2, 0) is 11.8 Å². The van der Waals surface area contributed by atoms with E-state index in [1.807, 2.05) is 68.6 Å². The van der Waals surface area contributed by atoms with Gasteiger partial charge in [-0.2, -0.15) is 0 Å². The summed E-state index contributed by atoms with van der Waals surface area (Å²) in [5.74, 6) is -0.396. The van der Waals surface area contributed by atoms with Crippen molar-refractivity contribution in [3.05, 3.63) is 87.9 Å². The number of hydrogen-bond donors (Lipinski definition) is 1. The van der Waals surface area contributed by atoms with Gasteiger partial charge in [0.25, 0.3) is 5.56 Å². The summed E-state index contributed by atoms with van der Waals surface area (Å²) in [4.78, 5) is 25.0. The first-order valence-electron chi connectivity index (χ1n) is 10.2. The molecule has 30 heavy (non-hydrogen) atoms. The number of hydrogen-bond acceptors (Lipinski definition) is 2. The van der Waals surface area contributed by atoms with E-state index in [2.05, 4.69) is 32.2 Å². The predicted octanol–water partition coefficient (Wildman–Crippen LogP) is 5.32. The Kier molecular flexibility index (Phi) is 5.97. The summed E-state index contributed by atoms with van der Waals surface area (Å²) in [6.07, 6.45) is 11.8. The van der Waals surface area contributed by atoms with Crippen LogP contribution >= 0.6 is 0 Å². The first-order chi connectivity index (χ1) is 14.1. The van der Waals surface area contributed by atoms with Crippen LogP contribution in [0.2, 0.25) is 0 Å². The summed E-state index contributed by atoms with van der Waals surface area (Å²) in [7, 11) is 1.75. The second kappa shape index (κ2) is 8.31. The van der Waals surface area contributed by atoms with Gasteiger partial charge < -0.3 is 9.88 Å². The van der Waals surface area contributed by atoms with Crippen molar-refractivity contribution in [3.8, 4) is 11.1 Å². The number of aromatic nitrogens is 1. The summed E-state index contributed by atoms with van der Waals surface area (Å²) in [6.45, 7) is 10.3. The smallest absolute Gasteiger partial charge is 0.253 e. The van der Waals surface area contributed by atoms with Crippen molar-refractivity contribution in [3.63, 3.8) is 0 Å². The largest absolute Gasteiger partial charge is 0.325 e. The van der Waals surface area contributed by atoms with Crippen molar-refractivity contribution in [1.29, 1.82) is 0 Å². The molecular weight excluding hydrogens is 372 g/mol. The number of allylic oxidation sites excluding steroid dienone is 4. The minimum atomic E-state index is -0.330. The van der Waals surface area contributed by atoms with Crippen LogP contribution in [0.5, 0.6) is 0 Å². The lowest BCUT2D eigenvalue weighted by molar-refractivity contribution is -0.117. The van der Waals surface area contributed by atoms with Gasteiger partial charge in [0.05, 0.1) is 5.92 Å². The van der Waals surface area contributed by atoms with Crippen LogP contribution in [0.3, 0.4) is 0 Å². The van der Waals surface area contributed by atoms with E-state index in [1.165, 1.54) is 5.57 Å². The minimum Gasteiger partial charge on any atom is -0.325 e. The third-order valence-corrected chi connectivity index (χ3v) is 5.51. The first-order valence-corrected chi connectivity index (χ1v) is 10.2. The van der Waals surface area contributed by atoms with Gasteiger partial charge in [-0.1, -0.05) is 63.3 Å². The SMILES string of the molecule is Cc1c(NC(=O)C2C=CC=C(C(C)(C)C)C=C2)cccc1-c1cc(C)c(=O)n(C)c1. The molecule has 1 aromatic heterocycles. The summed E-state index contributed by atoms with van der Waals surface area (Å²) < 4.78 is 1.59. The molecule has 1 amide bonds. The molecule has 4 heteroatoms. The number of carbonyl (C=O) groups excluding carboxylic acids is 1. The molecule has 0 radical (unpaired) electrons. The Morgan fingerprint density at radius 1 is 1.13 bits per heavy atom. The summed E-state index contributed by atoms with van der Waals surface area (Å²) in [6, 6.07) is 7.74. The molecule has 1 atom stereocenters. The molecule has 1 unspecified atom stereocenters. The lowest BCUT2D eigenvalue weighted by Crippen LogP contribution is -2.20. The molecule has 1 heterocycles. The van der Waals surface area contributed by atoms with Crippen LogP contribution < -0.4 is 10.9 Å². The van der Waals surface area contributed by atoms with Crippen LogP contribution in [0.1, 0.15) is 31.9 Å². The van der Waals surface area contributed by atoms with Gasteiger partial charge in [-0.05, 0) is 53.7 Å². The molecule has 4 nitrogen and oxygen atoms in total. The fraction of sp³-hybridized carbons (Fsp3) is 0.308. The summed E-state index contributed by atoms with van der Waals surface area (Å²) in [5, 5.41) is 3.08. The average Bonchev–Trinajstić information content (AvgIpc) is 2.94. The Hall–Kier alpha value is -3.14. The number of amides is 1. The highest BCUT2D eigenvalue weighted by Gasteiger charge is 2.19. The molecule has 2 aromatic rings. The molecule has 1 aliphatic rings. The first kappa shape index (κ1) is 21.6. The number of carbonyl (C=O) groups is 1. The second-order valence-electron chi connectivity index (χ2n) is 8.94. The maximum Gasteiger partial charge on any atom is 0.253 e. The van der Waals surface area contributed by atoms with E-state index in [9.17, 15) is 9.59 Å². The normalized spacial score (nSPS) is 16.2. The third kappa shape index (κ3) is 4.54. The molecule has 0 spiro atoms. The lowest BCUT2D eigenvalue weighted by Gasteiger charge is -2.19. The molecule has 0 aliphatic heterocycles. The van der Waals surface area contributed by atoms with Crippen LogP contribution in [0, 0.1) is 25.2 Å². The number of nitrogens with one attached hydrogen (secondary N) is 1.